The number of nitrogen functional groups attached to an aromatic ring is 1. The Kier molecular flexibility index (Phi) is 3.57. The fourth-order valence-corrected chi connectivity index (χ4v) is 1.63. The summed E-state index contributed by atoms with van der Waals surface area (Å²) in [4.78, 5) is 3.62. The molecule has 3 nitrogen and oxygen atoms in total. The van der Waals surface area contributed by atoms with E-state index in [1.165, 1.54) is 6.07 Å². The third kappa shape index (κ3) is 2.29. The predicted molar refractivity (Wildman–Crippen MR) is 55.6 cm³/mol. The van der Waals surface area contributed by atoms with Crippen LogP contribution in [0.5, 0.6) is 0 Å². The van der Waals surface area contributed by atoms with Gasteiger partial charge in [0.1, 0.15) is 9.39 Å². The predicted octanol–water partition coefficient (Wildman–Crippen LogP) is 2.27. The van der Waals surface area contributed by atoms with Crippen molar-refractivity contribution in [3.8, 4) is 6.07 Å². The van der Waals surface area contributed by atoms with Crippen LogP contribution in [-0.2, 0) is 6.42 Å². The van der Waals surface area contributed by atoms with Gasteiger partial charge in [-0.05, 0) is 34.2 Å². The molecule has 0 saturated carbocycles. The molecular weight excluding hydrogens is 303 g/mol. The summed E-state index contributed by atoms with van der Waals surface area (Å²) in [5, 5.41) is 8.45. The molecule has 1 heterocycles. The number of halogens is 3. The number of alkyl halides is 2. The van der Waals surface area contributed by atoms with Crippen molar-refractivity contribution in [1.29, 1.82) is 5.26 Å². The Balaban J connectivity index is 3.26. The lowest BCUT2D eigenvalue weighted by Gasteiger charge is -2.07. The van der Waals surface area contributed by atoms with Crippen LogP contribution in [0.15, 0.2) is 6.07 Å². The van der Waals surface area contributed by atoms with Crippen molar-refractivity contribution in [2.45, 2.75) is 12.8 Å². The molecule has 14 heavy (non-hydrogen) atoms. The minimum atomic E-state index is -2.71. The molecule has 1 rings (SSSR count). The first-order valence-electron chi connectivity index (χ1n) is 3.66. The van der Waals surface area contributed by atoms with E-state index >= 15 is 0 Å². The highest BCUT2D eigenvalue weighted by Crippen LogP contribution is 2.27. The zero-order valence-corrected chi connectivity index (χ0v) is 9.12. The minimum Gasteiger partial charge on any atom is -0.397 e. The van der Waals surface area contributed by atoms with Gasteiger partial charge in [-0.15, -0.1) is 0 Å². The van der Waals surface area contributed by atoms with Crippen LogP contribution in [0.4, 0.5) is 14.5 Å². The number of anilines is 1. The average molecular weight is 309 g/mol. The van der Waals surface area contributed by atoms with Gasteiger partial charge in [0.05, 0.1) is 18.2 Å². The summed E-state index contributed by atoms with van der Waals surface area (Å²) >= 11 is 1.81. The van der Waals surface area contributed by atoms with Crippen LogP contribution in [0.25, 0.3) is 0 Å². The average Bonchev–Trinajstić information content (AvgIpc) is 2.10. The Bertz CT molecular complexity index is 387. The van der Waals surface area contributed by atoms with E-state index in [9.17, 15) is 8.78 Å². The second kappa shape index (κ2) is 4.50. The second-order valence-corrected chi connectivity index (χ2v) is 3.64. The fraction of sp³-hybridized carbons (Fsp3) is 0.250. The molecule has 0 atom stereocenters. The lowest BCUT2D eigenvalue weighted by atomic mass is 10.1. The van der Waals surface area contributed by atoms with Gasteiger partial charge < -0.3 is 5.73 Å². The molecule has 0 aliphatic carbocycles. The highest BCUT2D eigenvalue weighted by molar-refractivity contribution is 14.1. The van der Waals surface area contributed by atoms with Gasteiger partial charge in [0, 0.05) is 0 Å². The maximum atomic E-state index is 12.4. The molecule has 0 unspecified atom stereocenters. The van der Waals surface area contributed by atoms with E-state index in [2.05, 4.69) is 4.98 Å². The van der Waals surface area contributed by atoms with E-state index in [1.54, 1.807) is 0 Å². The first-order chi connectivity index (χ1) is 6.56. The van der Waals surface area contributed by atoms with Crippen LogP contribution in [0, 0.1) is 15.0 Å². The van der Waals surface area contributed by atoms with Gasteiger partial charge in [0.15, 0.2) is 0 Å². The third-order valence-electron chi connectivity index (χ3n) is 1.62. The molecule has 0 aliphatic heterocycles. The lowest BCUT2D eigenvalue weighted by molar-refractivity contribution is 0.146. The number of aromatic nitrogens is 1. The van der Waals surface area contributed by atoms with Crippen LogP contribution in [0.1, 0.15) is 17.7 Å². The normalized spacial score (nSPS) is 10.2. The number of nitriles is 1. The van der Waals surface area contributed by atoms with E-state index in [1.807, 2.05) is 28.7 Å². The standard InChI is InChI=1S/C8H6F2IN3/c9-8(10)7-6(13)4(1-2-12)3-5(11)14-7/h3,8H,1,13H2. The monoisotopic (exact) mass is 309 g/mol. The first-order valence-corrected chi connectivity index (χ1v) is 4.74. The molecule has 6 heteroatoms. The molecule has 0 bridgehead atoms. The van der Waals surface area contributed by atoms with Crippen molar-refractivity contribution < 1.29 is 8.78 Å². The van der Waals surface area contributed by atoms with E-state index in [-0.39, 0.29) is 12.1 Å². The Morgan fingerprint density at radius 1 is 1.64 bits per heavy atom. The van der Waals surface area contributed by atoms with E-state index in [0.29, 0.717) is 9.26 Å². The molecule has 0 saturated heterocycles. The summed E-state index contributed by atoms with van der Waals surface area (Å²) in [6.45, 7) is 0. The Morgan fingerprint density at radius 2 is 2.29 bits per heavy atom. The zero-order valence-electron chi connectivity index (χ0n) is 6.97. The van der Waals surface area contributed by atoms with Gasteiger partial charge in [-0.25, -0.2) is 13.8 Å². The van der Waals surface area contributed by atoms with Crippen LogP contribution in [0.3, 0.4) is 0 Å². The number of hydrogen-bond donors (Lipinski definition) is 1. The molecule has 0 fully saturated rings. The summed E-state index contributed by atoms with van der Waals surface area (Å²) in [6.07, 6.45) is -2.69. The number of nitrogens with zero attached hydrogens (tertiary/aromatic N) is 2. The molecule has 0 amide bonds. The van der Waals surface area contributed by atoms with Crippen molar-refractivity contribution in [3.05, 3.63) is 21.0 Å². The summed E-state index contributed by atoms with van der Waals surface area (Å²) in [6, 6.07) is 3.39. The molecule has 2 N–H and O–H groups in total. The van der Waals surface area contributed by atoms with Crippen molar-refractivity contribution in [2.75, 3.05) is 5.73 Å². The Labute approximate surface area is 93.1 Å². The van der Waals surface area contributed by atoms with Crippen molar-refractivity contribution in [2.24, 2.45) is 0 Å². The highest BCUT2D eigenvalue weighted by atomic mass is 127. The smallest absolute Gasteiger partial charge is 0.282 e. The Hall–Kier alpha value is -0.970. The quantitative estimate of drug-likeness (QED) is 0.673. The SMILES string of the molecule is N#CCc1cc(I)nc(C(F)F)c1N. The summed E-state index contributed by atoms with van der Waals surface area (Å²) < 4.78 is 25.2. The number of hydrogen-bond acceptors (Lipinski definition) is 3. The van der Waals surface area contributed by atoms with Gasteiger partial charge in [-0.3, -0.25) is 0 Å². The van der Waals surface area contributed by atoms with Gasteiger partial charge in [0.25, 0.3) is 6.43 Å². The summed E-state index contributed by atoms with van der Waals surface area (Å²) in [7, 11) is 0. The molecule has 74 valence electrons. The molecular formula is C8H6F2IN3. The van der Waals surface area contributed by atoms with Gasteiger partial charge in [-0.1, -0.05) is 0 Å². The number of rotatable bonds is 2. The molecule has 0 aromatic carbocycles. The Morgan fingerprint density at radius 3 is 2.79 bits per heavy atom. The van der Waals surface area contributed by atoms with Crippen molar-refractivity contribution in [1.82, 2.24) is 4.98 Å². The molecule has 0 aliphatic rings. The molecule has 1 aromatic heterocycles. The number of pyridine rings is 1. The van der Waals surface area contributed by atoms with Gasteiger partial charge in [0.2, 0.25) is 0 Å². The van der Waals surface area contributed by atoms with Crippen LogP contribution >= 0.6 is 22.6 Å². The third-order valence-corrected chi connectivity index (χ3v) is 2.17. The highest BCUT2D eigenvalue weighted by Gasteiger charge is 2.16. The van der Waals surface area contributed by atoms with Crippen molar-refractivity contribution >= 4 is 28.3 Å². The van der Waals surface area contributed by atoms with Crippen LogP contribution < -0.4 is 5.73 Å². The lowest BCUT2D eigenvalue weighted by Crippen LogP contribution is -2.04. The van der Waals surface area contributed by atoms with E-state index < -0.39 is 12.1 Å². The van der Waals surface area contributed by atoms with Crippen LogP contribution in [0.2, 0.25) is 0 Å². The summed E-state index contributed by atoms with van der Waals surface area (Å²) in [5.41, 5.74) is 5.32. The van der Waals surface area contributed by atoms with Crippen molar-refractivity contribution in [3.63, 3.8) is 0 Å². The number of nitrogens with two attached hydrogens (primary N) is 1. The topological polar surface area (TPSA) is 62.7 Å². The molecule has 0 radical (unpaired) electrons. The van der Waals surface area contributed by atoms with E-state index in [0.717, 1.165) is 0 Å². The van der Waals surface area contributed by atoms with E-state index in [4.69, 9.17) is 11.0 Å². The second-order valence-electron chi connectivity index (χ2n) is 2.54. The zero-order chi connectivity index (χ0) is 10.7. The van der Waals surface area contributed by atoms with Gasteiger partial charge in [-0.2, -0.15) is 5.26 Å². The maximum Gasteiger partial charge on any atom is 0.282 e. The van der Waals surface area contributed by atoms with Crippen LogP contribution in [-0.4, -0.2) is 4.98 Å². The first kappa shape index (κ1) is 11.1. The maximum absolute atomic E-state index is 12.4. The molecule has 0 spiro atoms. The fourth-order valence-electron chi connectivity index (χ4n) is 0.991. The minimum absolute atomic E-state index is 0.0179. The summed E-state index contributed by atoms with van der Waals surface area (Å²) in [5.74, 6) is 0. The molecule has 1 aromatic rings. The largest absolute Gasteiger partial charge is 0.397 e. The van der Waals surface area contributed by atoms with Gasteiger partial charge >= 0.3 is 0 Å².